The number of ether oxygens (including phenoxy) is 2. The molecule has 0 atom stereocenters. The third kappa shape index (κ3) is 4.52. The summed E-state index contributed by atoms with van der Waals surface area (Å²) in [4.78, 5) is 4.79. The normalized spacial score (nSPS) is 14.7. The van der Waals surface area contributed by atoms with E-state index in [1.165, 1.54) is 0 Å². The van der Waals surface area contributed by atoms with E-state index in [-0.39, 0.29) is 0 Å². The van der Waals surface area contributed by atoms with Crippen molar-refractivity contribution in [1.29, 1.82) is 0 Å². The van der Waals surface area contributed by atoms with Gasteiger partial charge in [-0.3, -0.25) is 4.57 Å². The Morgan fingerprint density at radius 1 is 1.00 bits per heavy atom. The monoisotopic (exact) mass is 428 g/mol. The largest absolute Gasteiger partial charge is 0.497 e. The van der Waals surface area contributed by atoms with Crippen LogP contribution in [0.3, 0.4) is 0 Å². The molecule has 30 heavy (non-hydrogen) atoms. The van der Waals surface area contributed by atoms with Gasteiger partial charge < -0.3 is 24.6 Å². The number of nitrogens with zero attached hydrogens (tertiary/aromatic N) is 5. The molecule has 1 aliphatic heterocycles. The molecule has 9 heteroatoms. The summed E-state index contributed by atoms with van der Waals surface area (Å²) in [6.45, 7) is 8.12. The van der Waals surface area contributed by atoms with Crippen LogP contribution in [-0.4, -0.2) is 66.6 Å². The molecular formula is C21H28N6O2S. The molecule has 8 nitrogen and oxygen atoms in total. The summed E-state index contributed by atoms with van der Waals surface area (Å²) in [6, 6.07) is 9.89. The Morgan fingerprint density at radius 2 is 1.70 bits per heavy atom. The van der Waals surface area contributed by atoms with E-state index in [0.29, 0.717) is 6.54 Å². The number of nitrogens with one attached hydrogen (secondary N) is 1. The van der Waals surface area contributed by atoms with Crippen molar-refractivity contribution in [1.82, 2.24) is 19.7 Å². The molecule has 160 valence electrons. The molecule has 1 fully saturated rings. The molecule has 2 aromatic heterocycles. The number of hydrogen-bond donors (Lipinski definition) is 1. The van der Waals surface area contributed by atoms with Crippen molar-refractivity contribution >= 4 is 22.2 Å². The molecule has 3 aromatic rings. The van der Waals surface area contributed by atoms with E-state index in [1.54, 1.807) is 25.6 Å². The minimum absolute atomic E-state index is 0.646. The van der Waals surface area contributed by atoms with Gasteiger partial charge in [0.15, 0.2) is 0 Å². The number of piperazine rings is 1. The lowest BCUT2D eigenvalue weighted by Gasteiger charge is -2.33. The molecule has 0 unspecified atom stereocenters. The number of likely N-dealkylation sites (N-methyl/N-ethyl adjacent to an activating group) is 1. The van der Waals surface area contributed by atoms with E-state index in [4.69, 9.17) is 9.47 Å². The van der Waals surface area contributed by atoms with Crippen LogP contribution in [-0.2, 0) is 6.54 Å². The third-order valence-electron chi connectivity index (χ3n) is 5.36. The predicted molar refractivity (Wildman–Crippen MR) is 120 cm³/mol. The summed E-state index contributed by atoms with van der Waals surface area (Å²) in [5, 5.41) is 14.2. The highest BCUT2D eigenvalue weighted by Crippen LogP contribution is 2.28. The van der Waals surface area contributed by atoms with Gasteiger partial charge in [0, 0.05) is 62.0 Å². The maximum Gasteiger partial charge on any atom is 0.218 e. The Bertz CT molecular complexity index is 942. The molecule has 0 radical (unpaired) electrons. The second-order valence-electron chi connectivity index (χ2n) is 7.11. The SMILES string of the molecule is CCN1CCN(c2nnc(-n3cccc3CNc3cc(OC)cc(OC)c3)s2)CC1. The summed E-state index contributed by atoms with van der Waals surface area (Å²) >= 11 is 1.63. The summed E-state index contributed by atoms with van der Waals surface area (Å²) in [7, 11) is 3.30. The standard InChI is InChI=1S/C21H28N6O2S/c1-4-25-8-10-26(11-9-25)20-23-24-21(30-20)27-7-5-6-17(27)15-22-16-12-18(28-2)14-19(13-16)29-3/h5-7,12-14,22H,4,8-11,15H2,1-3H3. The van der Waals surface area contributed by atoms with Gasteiger partial charge in [0.05, 0.1) is 20.8 Å². The van der Waals surface area contributed by atoms with Crippen molar-refractivity contribution in [3.63, 3.8) is 0 Å². The fourth-order valence-corrected chi connectivity index (χ4v) is 4.45. The zero-order valence-corrected chi connectivity index (χ0v) is 18.5. The van der Waals surface area contributed by atoms with Gasteiger partial charge in [-0.2, -0.15) is 0 Å². The van der Waals surface area contributed by atoms with Gasteiger partial charge in [-0.05, 0) is 18.7 Å². The number of benzene rings is 1. The second kappa shape index (κ2) is 9.36. The van der Waals surface area contributed by atoms with Gasteiger partial charge in [-0.15, -0.1) is 10.2 Å². The van der Waals surface area contributed by atoms with Gasteiger partial charge in [-0.1, -0.05) is 18.3 Å². The van der Waals surface area contributed by atoms with Crippen molar-refractivity contribution in [2.45, 2.75) is 13.5 Å². The van der Waals surface area contributed by atoms with Crippen molar-refractivity contribution in [2.24, 2.45) is 0 Å². The first-order chi connectivity index (χ1) is 14.7. The van der Waals surface area contributed by atoms with Crippen molar-refractivity contribution in [3.8, 4) is 16.6 Å². The van der Waals surface area contributed by atoms with Crippen molar-refractivity contribution < 1.29 is 9.47 Å². The van der Waals surface area contributed by atoms with Gasteiger partial charge in [0.1, 0.15) is 11.5 Å². The van der Waals surface area contributed by atoms with Crippen molar-refractivity contribution in [2.75, 3.05) is 57.2 Å². The fourth-order valence-electron chi connectivity index (χ4n) is 3.54. The van der Waals surface area contributed by atoms with Crippen LogP contribution in [0.25, 0.3) is 5.13 Å². The Balaban J connectivity index is 1.45. The molecule has 0 amide bonds. The molecule has 0 spiro atoms. The van der Waals surface area contributed by atoms with Crippen LogP contribution in [0.15, 0.2) is 36.5 Å². The van der Waals surface area contributed by atoms with E-state index < -0.39 is 0 Å². The molecule has 3 heterocycles. The fraction of sp³-hybridized carbons (Fsp3) is 0.429. The van der Waals surface area contributed by atoms with E-state index in [1.807, 2.05) is 30.5 Å². The van der Waals surface area contributed by atoms with Crippen molar-refractivity contribution in [3.05, 3.63) is 42.2 Å². The van der Waals surface area contributed by atoms with E-state index in [2.05, 4.69) is 42.9 Å². The Hall–Kier alpha value is -2.78. The van der Waals surface area contributed by atoms with Crippen LogP contribution >= 0.6 is 11.3 Å². The molecule has 1 aliphatic rings. The topological polar surface area (TPSA) is 67.7 Å². The Labute approximate surface area is 181 Å². The third-order valence-corrected chi connectivity index (χ3v) is 6.34. The first-order valence-electron chi connectivity index (χ1n) is 10.1. The lowest BCUT2D eigenvalue weighted by Crippen LogP contribution is -2.46. The van der Waals surface area contributed by atoms with E-state index in [0.717, 1.165) is 65.9 Å². The minimum Gasteiger partial charge on any atom is -0.497 e. The first kappa shape index (κ1) is 20.5. The predicted octanol–water partition coefficient (Wildman–Crippen LogP) is 3.10. The molecule has 1 aromatic carbocycles. The summed E-state index contributed by atoms with van der Waals surface area (Å²) in [5.74, 6) is 1.51. The molecule has 4 rings (SSSR count). The van der Waals surface area contributed by atoms with E-state index >= 15 is 0 Å². The lowest BCUT2D eigenvalue weighted by molar-refractivity contribution is 0.271. The zero-order chi connectivity index (χ0) is 20.9. The molecule has 1 N–H and O–H groups in total. The van der Waals surface area contributed by atoms with Gasteiger partial charge >= 0.3 is 0 Å². The number of anilines is 2. The molecular weight excluding hydrogens is 400 g/mol. The smallest absolute Gasteiger partial charge is 0.218 e. The number of aromatic nitrogens is 3. The average Bonchev–Trinajstić information content (AvgIpc) is 3.47. The number of hydrogen-bond acceptors (Lipinski definition) is 8. The molecule has 0 aliphatic carbocycles. The van der Waals surface area contributed by atoms with Crippen LogP contribution < -0.4 is 19.7 Å². The zero-order valence-electron chi connectivity index (χ0n) is 17.7. The van der Waals surface area contributed by atoms with Crippen LogP contribution in [0.1, 0.15) is 12.6 Å². The highest BCUT2D eigenvalue weighted by atomic mass is 32.1. The minimum atomic E-state index is 0.646. The highest BCUT2D eigenvalue weighted by Gasteiger charge is 2.20. The van der Waals surface area contributed by atoms with E-state index in [9.17, 15) is 0 Å². The van der Waals surface area contributed by atoms with Crippen LogP contribution in [0.5, 0.6) is 11.5 Å². The first-order valence-corrected chi connectivity index (χ1v) is 11.0. The molecule has 1 saturated heterocycles. The molecule has 0 bridgehead atoms. The lowest BCUT2D eigenvalue weighted by atomic mass is 10.2. The summed E-state index contributed by atoms with van der Waals surface area (Å²) in [6.07, 6.45) is 2.03. The van der Waals surface area contributed by atoms with Crippen LogP contribution in [0.2, 0.25) is 0 Å². The van der Waals surface area contributed by atoms with Gasteiger partial charge in [0.2, 0.25) is 10.3 Å². The molecule has 0 saturated carbocycles. The maximum absolute atomic E-state index is 5.35. The quantitative estimate of drug-likeness (QED) is 0.591. The number of rotatable bonds is 8. The Kier molecular flexibility index (Phi) is 6.39. The Morgan fingerprint density at radius 3 is 2.37 bits per heavy atom. The van der Waals surface area contributed by atoms with Crippen LogP contribution in [0, 0.1) is 0 Å². The van der Waals surface area contributed by atoms with Crippen LogP contribution in [0.4, 0.5) is 10.8 Å². The highest BCUT2D eigenvalue weighted by molar-refractivity contribution is 7.17. The van der Waals surface area contributed by atoms with Gasteiger partial charge in [0.25, 0.3) is 0 Å². The summed E-state index contributed by atoms with van der Waals surface area (Å²) in [5.41, 5.74) is 2.04. The van der Waals surface area contributed by atoms with Gasteiger partial charge in [-0.25, -0.2) is 0 Å². The average molecular weight is 429 g/mol. The second-order valence-corrected chi connectivity index (χ2v) is 8.05. The number of methoxy groups -OCH3 is 2. The summed E-state index contributed by atoms with van der Waals surface area (Å²) < 4.78 is 12.8. The maximum atomic E-state index is 5.35.